The van der Waals surface area contributed by atoms with Gasteiger partial charge < -0.3 is 0 Å². The lowest BCUT2D eigenvalue weighted by atomic mass is 10.2. The molecule has 2 saturated heterocycles. The molecule has 0 spiro atoms. The predicted molar refractivity (Wildman–Crippen MR) is 67.1 cm³/mol. The number of halogens is 1. The van der Waals surface area contributed by atoms with Crippen LogP contribution in [0.5, 0.6) is 0 Å². The number of hydrogen-bond acceptors (Lipinski definition) is 3. The molecule has 2 unspecified atom stereocenters. The lowest BCUT2D eigenvalue weighted by molar-refractivity contribution is 0.261. The molecule has 1 aromatic rings. The van der Waals surface area contributed by atoms with Crippen molar-refractivity contribution in [3.8, 4) is 0 Å². The van der Waals surface area contributed by atoms with E-state index in [9.17, 15) is 0 Å². The molecular formula is C10H12BrNS2. The van der Waals surface area contributed by atoms with Gasteiger partial charge in [0, 0.05) is 30.1 Å². The van der Waals surface area contributed by atoms with Crippen LogP contribution in [-0.2, 0) is 6.54 Å². The molecule has 0 saturated carbocycles. The van der Waals surface area contributed by atoms with Crippen LogP contribution in [0.1, 0.15) is 12.0 Å². The highest BCUT2D eigenvalue weighted by atomic mass is 79.9. The monoisotopic (exact) mass is 289 g/mol. The van der Waals surface area contributed by atoms with Gasteiger partial charge in [0.2, 0.25) is 0 Å². The van der Waals surface area contributed by atoms with E-state index in [1.807, 2.05) is 0 Å². The average molecular weight is 290 g/mol. The van der Waals surface area contributed by atoms with Crippen molar-refractivity contribution < 1.29 is 0 Å². The van der Waals surface area contributed by atoms with E-state index in [1.54, 1.807) is 11.3 Å². The Balaban J connectivity index is 1.71. The van der Waals surface area contributed by atoms with E-state index < -0.39 is 0 Å². The van der Waals surface area contributed by atoms with E-state index >= 15 is 0 Å². The molecule has 76 valence electrons. The number of hydrogen-bond donors (Lipinski definition) is 0. The van der Waals surface area contributed by atoms with Gasteiger partial charge in [0.05, 0.1) is 3.79 Å². The fourth-order valence-electron chi connectivity index (χ4n) is 2.32. The van der Waals surface area contributed by atoms with Gasteiger partial charge in [-0.3, -0.25) is 4.90 Å². The Morgan fingerprint density at radius 2 is 2.50 bits per heavy atom. The largest absolute Gasteiger partial charge is 0.294 e. The van der Waals surface area contributed by atoms with Crippen LogP contribution in [0.2, 0.25) is 0 Å². The summed E-state index contributed by atoms with van der Waals surface area (Å²) in [7, 11) is 0. The van der Waals surface area contributed by atoms with Crippen LogP contribution in [0.15, 0.2) is 15.2 Å². The molecule has 3 rings (SSSR count). The van der Waals surface area contributed by atoms with Crippen LogP contribution in [-0.4, -0.2) is 28.5 Å². The standard InChI is InChI=1S/C10H12BrNS2/c11-10-7(1-2-13-10)4-12-5-9-3-8(12)6-14-9/h1-2,8-9H,3-6H2. The van der Waals surface area contributed by atoms with Crippen LogP contribution in [0.25, 0.3) is 0 Å². The normalized spacial score (nSPS) is 31.5. The van der Waals surface area contributed by atoms with Crippen LogP contribution in [0.3, 0.4) is 0 Å². The molecule has 14 heavy (non-hydrogen) atoms. The van der Waals surface area contributed by atoms with Crippen molar-refractivity contribution in [3.63, 3.8) is 0 Å². The minimum Gasteiger partial charge on any atom is -0.294 e. The van der Waals surface area contributed by atoms with Gasteiger partial charge in [-0.2, -0.15) is 11.8 Å². The van der Waals surface area contributed by atoms with Gasteiger partial charge in [-0.05, 0) is 39.4 Å². The summed E-state index contributed by atoms with van der Waals surface area (Å²) in [4.78, 5) is 2.65. The van der Waals surface area contributed by atoms with Crippen LogP contribution in [0.4, 0.5) is 0 Å². The molecule has 2 aliphatic heterocycles. The Morgan fingerprint density at radius 3 is 3.07 bits per heavy atom. The molecule has 2 bridgehead atoms. The molecule has 0 amide bonds. The summed E-state index contributed by atoms with van der Waals surface area (Å²) in [6, 6.07) is 3.10. The molecule has 0 radical (unpaired) electrons. The number of likely N-dealkylation sites (tertiary alicyclic amines) is 1. The Bertz CT molecular complexity index is 339. The summed E-state index contributed by atoms with van der Waals surface area (Å²) in [6.07, 6.45) is 1.42. The molecule has 1 aromatic heterocycles. The first-order chi connectivity index (χ1) is 6.83. The first-order valence-corrected chi connectivity index (χ1v) is 7.62. The molecule has 0 aliphatic carbocycles. The summed E-state index contributed by atoms with van der Waals surface area (Å²) in [5.74, 6) is 1.35. The third-order valence-corrected chi connectivity index (χ3v) is 6.28. The maximum Gasteiger partial charge on any atom is 0.0743 e. The van der Waals surface area contributed by atoms with Crippen LogP contribution < -0.4 is 0 Å². The summed E-state index contributed by atoms with van der Waals surface area (Å²) < 4.78 is 1.31. The second-order valence-electron chi connectivity index (χ2n) is 3.99. The van der Waals surface area contributed by atoms with E-state index in [4.69, 9.17) is 0 Å². The lowest BCUT2D eigenvalue weighted by Crippen LogP contribution is -2.33. The number of thiophene rings is 1. The lowest BCUT2D eigenvalue weighted by Gasteiger charge is -2.26. The second kappa shape index (κ2) is 3.81. The average Bonchev–Trinajstić information content (AvgIpc) is 2.83. The van der Waals surface area contributed by atoms with Gasteiger partial charge in [-0.25, -0.2) is 0 Å². The summed E-state index contributed by atoms with van der Waals surface area (Å²) >= 11 is 7.57. The smallest absolute Gasteiger partial charge is 0.0743 e. The van der Waals surface area contributed by atoms with E-state index in [0.29, 0.717) is 0 Å². The SMILES string of the molecule is Brc1sccc1CN1CC2CC1CS2. The number of nitrogens with zero attached hydrogens (tertiary/aromatic N) is 1. The van der Waals surface area contributed by atoms with Crippen LogP contribution >= 0.6 is 39.0 Å². The molecule has 0 N–H and O–H groups in total. The minimum atomic E-state index is 0.858. The van der Waals surface area contributed by atoms with Crippen molar-refractivity contribution in [2.75, 3.05) is 12.3 Å². The Labute approximate surface area is 101 Å². The maximum absolute atomic E-state index is 3.61. The van der Waals surface area contributed by atoms with Crippen molar-refractivity contribution in [2.24, 2.45) is 0 Å². The maximum atomic E-state index is 3.61. The van der Waals surface area contributed by atoms with Crippen molar-refractivity contribution in [1.82, 2.24) is 4.90 Å². The molecule has 2 aliphatic rings. The number of fused-ring (bicyclic) bond motifs is 2. The van der Waals surface area contributed by atoms with Gasteiger partial charge in [-0.15, -0.1) is 11.3 Å². The third kappa shape index (κ3) is 1.66. The Kier molecular flexibility index (Phi) is 2.64. The third-order valence-electron chi connectivity index (χ3n) is 3.08. The zero-order chi connectivity index (χ0) is 9.54. The first kappa shape index (κ1) is 9.70. The van der Waals surface area contributed by atoms with E-state index in [0.717, 1.165) is 17.8 Å². The van der Waals surface area contributed by atoms with Gasteiger partial charge in [0.1, 0.15) is 0 Å². The Hall–Kier alpha value is 0.490. The quantitative estimate of drug-likeness (QED) is 0.823. The minimum absolute atomic E-state index is 0.858. The van der Waals surface area contributed by atoms with E-state index in [2.05, 4.69) is 44.0 Å². The molecule has 0 aromatic carbocycles. The number of rotatable bonds is 2. The summed E-state index contributed by atoms with van der Waals surface area (Å²) in [5, 5.41) is 3.10. The van der Waals surface area contributed by atoms with Crippen LogP contribution in [0, 0.1) is 0 Å². The zero-order valence-electron chi connectivity index (χ0n) is 7.78. The van der Waals surface area contributed by atoms with E-state index in [-0.39, 0.29) is 0 Å². The zero-order valence-corrected chi connectivity index (χ0v) is 11.0. The fourth-order valence-corrected chi connectivity index (χ4v) is 5.04. The molecule has 1 nitrogen and oxygen atoms in total. The van der Waals surface area contributed by atoms with E-state index in [1.165, 1.54) is 28.1 Å². The van der Waals surface area contributed by atoms with Crippen molar-refractivity contribution in [3.05, 3.63) is 20.8 Å². The highest BCUT2D eigenvalue weighted by Gasteiger charge is 2.38. The fraction of sp³-hybridized carbons (Fsp3) is 0.600. The second-order valence-corrected chi connectivity index (χ2v) is 7.56. The first-order valence-electron chi connectivity index (χ1n) is 4.90. The van der Waals surface area contributed by atoms with Gasteiger partial charge in [-0.1, -0.05) is 0 Å². The summed E-state index contributed by atoms with van der Waals surface area (Å²) in [6.45, 7) is 2.45. The highest BCUT2D eigenvalue weighted by molar-refractivity contribution is 9.11. The van der Waals surface area contributed by atoms with Gasteiger partial charge in [0.25, 0.3) is 0 Å². The summed E-state index contributed by atoms with van der Waals surface area (Å²) in [5.41, 5.74) is 1.47. The number of thioether (sulfide) groups is 1. The van der Waals surface area contributed by atoms with Crippen molar-refractivity contribution in [1.29, 1.82) is 0 Å². The molecule has 2 atom stereocenters. The molecule has 4 heteroatoms. The molecular weight excluding hydrogens is 278 g/mol. The predicted octanol–water partition coefficient (Wildman–Crippen LogP) is 3.20. The molecule has 2 fully saturated rings. The van der Waals surface area contributed by atoms with Gasteiger partial charge >= 0.3 is 0 Å². The van der Waals surface area contributed by atoms with Crippen molar-refractivity contribution in [2.45, 2.75) is 24.3 Å². The highest BCUT2D eigenvalue weighted by Crippen LogP contribution is 2.39. The van der Waals surface area contributed by atoms with Crippen molar-refractivity contribution >= 4 is 39.0 Å². The topological polar surface area (TPSA) is 3.24 Å². The Morgan fingerprint density at radius 1 is 1.57 bits per heavy atom. The molecule has 3 heterocycles. The van der Waals surface area contributed by atoms with Gasteiger partial charge in [0.15, 0.2) is 0 Å².